The second-order valence-electron chi connectivity index (χ2n) is 10.8. The molecule has 7 aromatic rings. The van der Waals surface area contributed by atoms with Crippen molar-refractivity contribution in [3.63, 3.8) is 0 Å². The zero-order valence-electron chi connectivity index (χ0n) is 25.3. The van der Waals surface area contributed by atoms with Crippen LogP contribution in [0.25, 0.3) is 44.4 Å². The Bertz CT molecular complexity index is 2130. The van der Waals surface area contributed by atoms with Crippen LogP contribution in [0.15, 0.2) is 103 Å². The number of pyridine rings is 1. The molecule has 0 spiro atoms. The van der Waals surface area contributed by atoms with Gasteiger partial charge >= 0.3 is 21.1 Å². The molecule has 0 unspecified atom stereocenters. The van der Waals surface area contributed by atoms with Crippen molar-refractivity contribution in [1.29, 1.82) is 0 Å². The molecular weight excluding hydrogens is 712 g/mol. The number of hydrogen-bond donors (Lipinski definition) is 0. The van der Waals surface area contributed by atoms with Crippen molar-refractivity contribution in [2.45, 2.75) is 33.6 Å². The Morgan fingerprint density at radius 2 is 1.65 bits per heavy atom. The summed E-state index contributed by atoms with van der Waals surface area (Å²) in [6.07, 6.45) is 1.85. The van der Waals surface area contributed by atoms with Crippen molar-refractivity contribution >= 4 is 21.8 Å². The molecule has 0 radical (unpaired) electrons. The molecule has 0 saturated heterocycles. The predicted octanol–water partition coefficient (Wildman–Crippen LogP) is 9.16. The van der Waals surface area contributed by atoms with Crippen LogP contribution in [-0.2, 0) is 21.1 Å². The fourth-order valence-electron chi connectivity index (χ4n) is 5.66. The van der Waals surface area contributed by atoms with Gasteiger partial charge in [-0.25, -0.2) is 4.98 Å². The molecule has 43 heavy (non-hydrogen) atoms. The van der Waals surface area contributed by atoms with Gasteiger partial charge in [-0.1, -0.05) is 67.9 Å². The molecule has 4 aromatic carbocycles. The number of benzene rings is 4. The van der Waals surface area contributed by atoms with Crippen LogP contribution < -0.4 is 4.74 Å². The molecule has 0 aliphatic rings. The third-order valence-electron chi connectivity index (χ3n) is 7.71. The van der Waals surface area contributed by atoms with Crippen LogP contribution in [0.1, 0.15) is 38.1 Å². The number of aromatic nitrogens is 4. The Balaban J connectivity index is 0.00000343. The zero-order chi connectivity index (χ0) is 29.7. The summed E-state index contributed by atoms with van der Waals surface area (Å²) in [6, 6.07) is 37.3. The van der Waals surface area contributed by atoms with Gasteiger partial charge in [0.1, 0.15) is 5.82 Å². The fraction of sp³-hybridized carbons (Fsp3) is 0.135. The topological polar surface area (TPSA) is 44.9 Å². The Morgan fingerprint density at radius 3 is 2.47 bits per heavy atom. The van der Waals surface area contributed by atoms with Crippen molar-refractivity contribution in [2.75, 3.05) is 0 Å². The average Bonchev–Trinajstić information content (AvgIpc) is 3.50. The van der Waals surface area contributed by atoms with Crippen LogP contribution in [0.4, 0.5) is 0 Å². The number of ether oxygens (including phenoxy) is 1. The molecule has 0 saturated carbocycles. The third-order valence-corrected chi connectivity index (χ3v) is 7.71. The van der Waals surface area contributed by atoms with Crippen LogP contribution in [0.2, 0.25) is 0 Å². The maximum Gasteiger partial charge on any atom is 2.00 e. The van der Waals surface area contributed by atoms with Gasteiger partial charge in [-0.3, -0.25) is 4.68 Å². The van der Waals surface area contributed by atoms with Crippen molar-refractivity contribution in [1.82, 2.24) is 19.3 Å². The average molecular weight is 743 g/mol. The zero-order valence-corrected chi connectivity index (χ0v) is 26.6. The van der Waals surface area contributed by atoms with E-state index in [1.165, 1.54) is 5.56 Å². The molecular formula is C37H30N4OPt. The van der Waals surface area contributed by atoms with Gasteiger partial charge in [-0.15, -0.1) is 35.7 Å². The van der Waals surface area contributed by atoms with Crippen LogP contribution in [0, 0.1) is 26.0 Å². The largest absolute Gasteiger partial charge is 2.00 e. The number of fused-ring (bicyclic) bond motifs is 3. The third kappa shape index (κ3) is 5.19. The van der Waals surface area contributed by atoms with E-state index in [1.807, 2.05) is 84.5 Å². The summed E-state index contributed by atoms with van der Waals surface area (Å²) >= 11 is 0. The van der Waals surface area contributed by atoms with E-state index in [2.05, 4.69) is 61.7 Å². The molecule has 7 rings (SSSR count). The summed E-state index contributed by atoms with van der Waals surface area (Å²) in [5.74, 6) is 2.31. The Labute approximate surface area is 267 Å². The number of nitrogens with zero attached hydrogens (tertiary/aromatic N) is 4. The molecule has 5 nitrogen and oxygen atoms in total. The van der Waals surface area contributed by atoms with Crippen LogP contribution in [0.5, 0.6) is 11.5 Å². The maximum atomic E-state index is 8.25. The predicted molar refractivity (Wildman–Crippen MR) is 169 cm³/mol. The van der Waals surface area contributed by atoms with Crippen LogP contribution in [0.3, 0.4) is 0 Å². The SMILES string of the molecule is [2H]c1ccc2c(c1)c1ccc(Oc3[c-]c(-n4nc(C)c(-c5ccccc5)c4C)ccc3)[c-]c1n2-c1cc(C(C)C)ccn1.[Pt+2]. The second-order valence-corrected chi connectivity index (χ2v) is 10.8. The first-order valence-electron chi connectivity index (χ1n) is 14.6. The van der Waals surface area contributed by atoms with Gasteiger partial charge in [0.25, 0.3) is 0 Å². The smallest absolute Gasteiger partial charge is 0.509 e. The first kappa shape index (κ1) is 27.4. The fourth-order valence-corrected chi connectivity index (χ4v) is 5.66. The van der Waals surface area contributed by atoms with E-state index in [1.54, 1.807) is 0 Å². The van der Waals surface area contributed by atoms with Crippen molar-refractivity contribution < 1.29 is 27.2 Å². The van der Waals surface area contributed by atoms with Gasteiger partial charge in [-0.05, 0) is 60.2 Å². The normalized spacial score (nSPS) is 11.6. The number of rotatable bonds is 6. The first-order valence-corrected chi connectivity index (χ1v) is 14.1. The monoisotopic (exact) mass is 742 g/mol. The van der Waals surface area contributed by atoms with E-state index in [9.17, 15) is 0 Å². The molecule has 0 N–H and O–H groups in total. The van der Waals surface area contributed by atoms with E-state index in [0.717, 1.165) is 55.8 Å². The van der Waals surface area contributed by atoms with E-state index in [0.29, 0.717) is 23.5 Å². The molecule has 0 amide bonds. The van der Waals surface area contributed by atoms with E-state index in [4.69, 9.17) is 16.2 Å². The van der Waals surface area contributed by atoms with Crippen molar-refractivity contribution in [3.05, 3.63) is 132 Å². The van der Waals surface area contributed by atoms with Gasteiger partial charge in [0.15, 0.2) is 0 Å². The van der Waals surface area contributed by atoms with E-state index >= 15 is 0 Å². The van der Waals surface area contributed by atoms with Gasteiger partial charge < -0.3 is 9.30 Å². The minimum atomic E-state index is 0. The maximum absolute atomic E-state index is 8.25. The second kappa shape index (κ2) is 11.7. The molecule has 0 bridgehead atoms. The van der Waals surface area contributed by atoms with Gasteiger partial charge in [0.05, 0.1) is 7.06 Å². The van der Waals surface area contributed by atoms with Gasteiger partial charge in [0, 0.05) is 34.5 Å². The summed E-state index contributed by atoms with van der Waals surface area (Å²) in [5, 5.41) is 6.81. The Kier molecular flexibility index (Phi) is 7.42. The first-order chi connectivity index (χ1) is 20.9. The van der Waals surface area contributed by atoms with E-state index < -0.39 is 0 Å². The summed E-state index contributed by atoms with van der Waals surface area (Å²) in [7, 11) is 0. The quantitative estimate of drug-likeness (QED) is 0.160. The molecule has 0 atom stereocenters. The van der Waals surface area contributed by atoms with Crippen LogP contribution >= 0.6 is 0 Å². The Hall–Kier alpha value is -4.47. The summed E-state index contributed by atoms with van der Waals surface area (Å²) in [5.41, 5.74) is 8.08. The molecule has 3 heterocycles. The molecule has 0 aliphatic carbocycles. The number of hydrogen-bond acceptors (Lipinski definition) is 3. The van der Waals surface area contributed by atoms with Crippen LogP contribution in [-0.4, -0.2) is 19.3 Å². The number of para-hydroxylation sites is 1. The summed E-state index contributed by atoms with van der Waals surface area (Å²) < 4.78 is 18.6. The van der Waals surface area contributed by atoms with E-state index in [-0.39, 0.29) is 21.1 Å². The standard InChI is InChI=1S/C37H30N4O.Pt/c1-24(2)28-19-20-38-36(21-28)40-34-16-9-8-15-32(34)33-18-17-31(23-35(33)40)42-30-14-10-13-29(22-30)41-26(4)37(25(3)39-41)27-11-6-5-7-12-27;/h5-21,24H,1-4H3;/q-2;+2/i8D;. The number of aryl methyl sites for hydroxylation is 1. The molecule has 214 valence electrons. The minimum absolute atomic E-state index is 0. The van der Waals surface area contributed by atoms with Gasteiger partial charge in [0.2, 0.25) is 0 Å². The van der Waals surface area contributed by atoms with Crippen molar-refractivity contribution in [2.24, 2.45) is 0 Å². The Morgan fingerprint density at radius 1 is 0.837 bits per heavy atom. The molecule has 3 aromatic heterocycles. The molecule has 6 heteroatoms. The molecule has 0 aliphatic heterocycles. The summed E-state index contributed by atoms with van der Waals surface area (Å²) in [6.45, 7) is 8.46. The summed E-state index contributed by atoms with van der Waals surface area (Å²) in [4.78, 5) is 4.72. The van der Waals surface area contributed by atoms with Gasteiger partial charge in [-0.2, -0.15) is 17.2 Å². The molecule has 0 fully saturated rings. The van der Waals surface area contributed by atoms with Crippen molar-refractivity contribution in [3.8, 4) is 34.1 Å². The minimum Gasteiger partial charge on any atom is -0.509 e.